The zero-order chi connectivity index (χ0) is 10.5. The van der Waals surface area contributed by atoms with Crippen molar-refractivity contribution in [3.8, 4) is 12.3 Å². The summed E-state index contributed by atoms with van der Waals surface area (Å²) in [6, 6.07) is 8.10. The molecule has 0 heterocycles. The van der Waals surface area contributed by atoms with Crippen LogP contribution in [0, 0.1) is 18.3 Å². The molecule has 0 aromatic heterocycles. The Hall–Kier alpha value is -1.26. The van der Waals surface area contributed by atoms with E-state index in [-0.39, 0.29) is 5.92 Å². The van der Waals surface area contributed by atoms with Gasteiger partial charge < -0.3 is 5.11 Å². The molecule has 1 aromatic carbocycles. The summed E-state index contributed by atoms with van der Waals surface area (Å²) in [5.41, 5.74) is 1.25. The van der Waals surface area contributed by atoms with Gasteiger partial charge in [0, 0.05) is 5.92 Å². The van der Waals surface area contributed by atoms with Crippen molar-refractivity contribution in [3.63, 3.8) is 0 Å². The summed E-state index contributed by atoms with van der Waals surface area (Å²) in [5, 5.41) is 10.6. The molecule has 0 spiro atoms. The van der Waals surface area contributed by atoms with Gasteiger partial charge in [0.05, 0.1) is 0 Å². The predicted molar refractivity (Wildman–Crippen MR) is 59.3 cm³/mol. The lowest BCUT2D eigenvalue weighted by molar-refractivity contribution is 0.0452. The minimum absolute atomic E-state index is 0.250. The SMILES string of the molecule is C#C[C@]1(O)c2ccccc2[C@H]2CCC[C@H]21. The van der Waals surface area contributed by atoms with Crippen molar-refractivity contribution in [3.05, 3.63) is 35.4 Å². The highest BCUT2D eigenvalue weighted by atomic mass is 16.3. The van der Waals surface area contributed by atoms with Crippen LogP contribution < -0.4 is 0 Å². The largest absolute Gasteiger partial charge is 0.373 e. The summed E-state index contributed by atoms with van der Waals surface area (Å²) in [6.45, 7) is 0. The molecule has 0 unspecified atom stereocenters. The molecule has 1 N–H and O–H groups in total. The maximum atomic E-state index is 10.6. The number of hydrogen-bond acceptors (Lipinski definition) is 1. The van der Waals surface area contributed by atoms with Gasteiger partial charge in [0.25, 0.3) is 0 Å². The number of fused-ring (bicyclic) bond motifs is 3. The van der Waals surface area contributed by atoms with Gasteiger partial charge in [-0.05, 0) is 29.9 Å². The first-order chi connectivity index (χ1) is 7.27. The minimum Gasteiger partial charge on any atom is -0.373 e. The van der Waals surface area contributed by atoms with E-state index in [1.165, 1.54) is 18.4 Å². The zero-order valence-electron chi connectivity index (χ0n) is 8.61. The van der Waals surface area contributed by atoms with Crippen LogP contribution in [-0.4, -0.2) is 5.11 Å². The first kappa shape index (κ1) is 9.00. The van der Waals surface area contributed by atoms with E-state index in [4.69, 9.17) is 6.42 Å². The van der Waals surface area contributed by atoms with E-state index in [0.29, 0.717) is 5.92 Å². The van der Waals surface area contributed by atoms with Crippen LogP contribution in [0.4, 0.5) is 0 Å². The molecule has 1 heteroatoms. The van der Waals surface area contributed by atoms with Crippen LogP contribution in [0.3, 0.4) is 0 Å². The molecule has 1 nitrogen and oxygen atoms in total. The molecule has 0 saturated heterocycles. The monoisotopic (exact) mass is 198 g/mol. The lowest BCUT2D eigenvalue weighted by Crippen LogP contribution is -2.28. The topological polar surface area (TPSA) is 20.2 Å². The van der Waals surface area contributed by atoms with Crippen molar-refractivity contribution in [1.82, 2.24) is 0 Å². The van der Waals surface area contributed by atoms with Gasteiger partial charge in [0.2, 0.25) is 0 Å². The molecule has 76 valence electrons. The Morgan fingerprint density at radius 1 is 1.33 bits per heavy atom. The maximum Gasteiger partial charge on any atom is 0.154 e. The van der Waals surface area contributed by atoms with Crippen LogP contribution in [0.1, 0.15) is 36.3 Å². The van der Waals surface area contributed by atoms with E-state index in [2.05, 4.69) is 12.0 Å². The normalized spacial score (nSPS) is 37.1. The molecule has 0 aliphatic heterocycles. The molecule has 2 aliphatic rings. The number of benzene rings is 1. The van der Waals surface area contributed by atoms with Gasteiger partial charge in [-0.2, -0.15) is 0 Å². The van der Waals surface area contributed by atoms with Crippen molar-refractivity contribution < 1.29 is 5.11 Å². The molecule has 0 amide bonds. The first-order valence-electron chi connectivity index (χ1n) is 5.57. The predicted octanol–water partition coefficient (Wildman–Crippen LogP) is 2.40. The summed E-state index contributed by atoms with van der Waals surface area (Å²) < 4.78 is 0. The lowest BCUT2D eigenvalue weighted by atomic mass is 9.85. The highest BCUT2D eigenvalue weighted by Crippen LogP contribution is 2.56. The van der Waals surface area contributed by atoms with Crippen molar-refractivity contribution in [1.29, 1.82) is 0 Å². The van der Waals surface area contributed by atoms with Crippen molar-refractivity contribution in [2.45, 2.75) is 30.8 Å². The zero-order valence-corrected chi connectivity index (χ0v) is 8.61. The molecule has 0 radical (unpaired) electrons. The van der Waals surface area contributed by atoms with Gasteiger partial charge in [-0.1, -0.05) is 36.6 Å². The van der Waals surface area contributed by atoms with E-state index in [1.54, 1.807) is 0 Å². The number of hydrogen-bond donors (Lipinski definition) is 1. The average Bonchev–Trinajstić information content (AvgIpc) is 2.83. The third kappa shape index (κ3) is 0.979. The molecular formula is C14H14O. The highest BCUT2D eigenvalue weighted by Gasteiger charge is 2.51. The Morgan fingerprint density at radius 3 is 2.93 bits per heavy atom. The molecular weight excluding hydrogens is 184 g/mol. The summed E-state index contributed by atoms with van der Waals surface area (Å²) in [7, 11) is 0. The molecule has 1 aromatic rings. The van der Waals surface area contributed by atoms with Gasteiger partial charge >= 0.3 is 0 Å². The summed E-state index contributed by atoms with van der Waals surface area (Å²) in [4.78, 5) is 0. The Morgan fingerprint density at radius 2 is 2.13 bits per heavy atom. The minimum atomic E-state index is -1.00. The van der Waals surface area contributed by atoms with Gasteiger partial charge in [0.1, 0.15) is 0 Å². The van der Waals surface area contributed by atoms with Crippen LogP contribution in [-0.2, 0) is 5.60 Å². The van der Waals surface area contributed by atoms with Gasteiger partial charge in [0.15, 0.2) is 5.60 Å². The Bertz CT molecular complexity index is 443. The van der Waals surface area contributed by atoms with E-state index < -0.39 is 5.60 Å². The highest BCUT2D eigenvalue weighted by molar-refractivity contribution is 5.47. The van der Waals surface area contributed by atoms with Gasteiger partial charge in [-0.3, -0.25) is 0 Å². The Balaban J connectivity index is 2.23. The summed E-state index contributed by atoms with van der Waals surface area (Å²) in [6.07, 6.45) is 8.95. The maximum absolute atomic E-state index is 10.6. The second-order valence-electron chi connectivity index (χ2n) is 4.64. The van der Waals surface area contributed by atoms with E-state index >= 15 is 0 Å². The summed E-state index contributed by atoms with van der Waals surface area (Å²) in [5.74, 6) is 3.36. The molecule has 0 bridgehead atoms. The molecule has 3 rings (SSSR count). The van der Waals surface area contributed by atoms with Crippen LogP contribution in [0.2, 0.25) is 0 Å². The van der Waals surface area contributed by atoms with Crippen LogP contribution in [0.25, 0.3) is 0 Å². The fraction of sp³-hybridized carbons (Fsp3) is 0.429. The van der Waals surface area contributed by atoms with Crippen molar-refractivity contribution in [2.24, 2.45) is 5.92 Å². The number of terminal acetylenes is 1. The van der Waals surface area contributed by atoms with E-state index in [9.17, 15) is 5.11 Å². The fourth-order valence-corrected chi connectivity index (χ4v) is 3.38. The Labute approximate surface area is 90.1 Å². The lowest BCUT2D eigenvalue weighted by Gasteiger charge is -2.24. The molecule has 3 atom stereocenters. The molecule has 2 aliphatic carbocycles. The quantitative estimate of drug-likeness (QED) is 0.635. The number of rotatable bonds is 0. The molecule has 1 saturated carbocycles. The van der Waals surface area contributed by atoms with E-state index in [1.807, 2.05) is 18.2 Å². The molecule has 1 fully saturated rings. The third-order valence-corrected chi connectivity index (χ3v) is 4.04. The second-order valence-corrected chi connectivity index (χ2v) is 4.64. The van der Waals surface area contributed by atoms with Crippen LogP contribution >= 0.6 is 0 Å². The van der Waals surface area contributed by atoms with Gasteiger partial charge in [-0.25, -0.2) is 0 Å². The second kappa shape index (κ2) is 2.87. The standard InChI is InChI=1S/C14H14O/c1-2-14(15)12-8-4-3-6-10(12)11-7-5-9-13(11)14/h1,3-4,6,8,11,13,15H,5,7,9H2/t11-,13-,14+/m1/s1. The average molecular weight is 198 g/mol. The fourth-order valence-electron chi connectivity index (χ4n) is 3.38. The smallest absolute Gasteiger partial charge is 0.154 e. The molecule has 15 heavy (non-hydrogen) atoms. The summed E-state index contributed by atoms with van der Waals surface area (Å²) >= 11 is 0. The Kier molecular flexibility index (Phi) is 1.72. The van der Waals surface area contributed by atoms with Gasteiger partial charge in [-0.15, -0.1) is 6.42 Å². The van der Waals surface area contributed by atoms with Crippen LogP contribution in [0.15, 0.2) is 24.3 Å². The van der Waals surface area contributed by atoms with Crippen LogP contribution in [0.5, 0.6) is 0 Å². The van der Waals surface area contributed by atoms with E-state index in [0.717, 1.165) is 12.0 Å². The first-order valence-corrected chi connectivity index (χ1v) is 5.57. The van der Waals surface area contributed by atoms with Crippen molar-refractivity contribution in [2.75, 3.05) is 0 Å². The number of aliphatic hydroxyl groups is 1. The van der Waals surface area contributed by atoms with Crippen molar-refractivity contribution >= 4 is 0 Å². The third-order valence-electron chi connectivity index (χ3n) is 4.04.